The van der Waals surface area contributed by atoms with Crippen LogP contribution in [0.1, 0.15) is 44.6 Å². The van der Waals surface area contributed by atoms with E-state index in [1.54, 1.807) is 6.07 Å². The molecule has 112 valence electrons. The summed E-state index contributed by atoms with van der Waals surface area (Å²) in [5.41, 5.74) is 6.64. The number of nitrogens with zero attached hydrogens (tertiary/aromatic N) is 1. The molecule has 1 aliphatic carbocycles. The highest BCUT2D eigenvalue weighted by atomic mass is 19.1. The summed E-state index contributed by atoms with van der Waals surface area (Å²) in [7, 11) is 2.16. The molecular formula is C17H27FN2. The minimum Gasteiger partial charge on any atom is -0.329 e. The summed E-state index contributed by atoms with van der Waals surface area (Å²) < 4.78 is 13.9. The van der Waals surface area contributed by atoms with Gasteiger partial charge in [0.1, 0.15) is 5.82 Å². The lowest BCUT2D eigenvalue weighted by atomic mass is 9.86. The van der Waals surface area contributed by atoms with E-state index >= 15 is 0 Å². The molecule has 1 saturated carbocycles. The average Bonchev–Trinajstić information content (AvgIpc) is 2.49. The summed E-state index contributed by atoms with van der Waals surface area (Å²) in [6, 6.07) is 7.63. The first-order valence-electron chi connectivity index (χ1n) is 7.73. The molecule has 3 heteroatoms. The van der Waals surface area contributed by atoms with Crippen LogP contribution < -0.4 is 5.73 Å². The molecule has 0 radical (unpaired) electrons. The molecule has 1 aromatic rings. The number of rotatable bonds is 5. The minimum absolute atomic E-state index is 0.121. The third-order valence-electron chi connectivity index (χ3n) is 4.94. The number of halogens is 1. The van der Waals surface area contributed by atoms with Gasteiger partial charge in [-0.3, -0.25) is 4.90 Å². The highest BCUT2D eigenvalue weighted by Crippen LogP contribution is 2.29. The van der Waals surface area contributed by atoms with E-state index in [0.29, 0.717) is 19.0 Å². The normalized spacial score (nSPS) is 20.1. The standard InChI is InChI=1S/C17H27FN2/c1-17(13-19,12-14-8-6-7-11-16(14)18)20(2)15-9-4-3-5-10-15/h6-8,11,15H,3-5,9-10,12-13,19H2,1-2H3. The highest BCUT2D eigenvalue weighted by molar-refractivity contribution is 5.20. The first kappa shape index (κ1) is 15.5. The molecule has 2 N–H and O–H groups in total. The fourth-order valence-corrected chi connectivity index (χ4v) is 3.30. The van der Waals surface area contributed by atoms with Gasteiger partial charge in [0.2, 0.25) is 0 Å². The van der Waals surface area contributed by atoms with Crippen molar-refractivity contribution in [1.29, 1.82) is 0 Å². The van der Waals surface area contributed by atoms with Gasteiger partial charge in [-0.2, -0.15) is 0 Å². The third-order valence-corrected chi connectivity index (χ3v) is 4.94. The molecule has 2 nitrogen and oxygen atoms in total. The predicted octanol–water partition coefficient (Wildman–Crippen LogP) is 3.35. The molecule has 0 heterocycles. The Bertz CT molecular complexity index is 429. The van der Waals surface area contributed by atoms with Gasteiger partial charge in [0.05, 0.1) is 0 Å². The van der Waals surface area contributed by atoms with Crippen LogP contribution in [0.15, 0.2) is 24.3 Å². The second-order valence-electron chi connectivity index (χ2n) is 6.37. The van der Waals surface area contributed by atoms with Crippen LogP contribution in [0, 0.1) is 5.82 Å². The topological polar surface area (TPSA) is 29.3 Å². The molecule has 0 spiro atoms. The van der Waals surface area contributed by atoms with E-state index < -0.39 is 0 Å². The minimum atomic E-state index is -0.176. The van der Waals surface area contributed by atoms with Crippen LogP contribution in [0.3, 0.4) is 0 Å². The first-order chi connectivity index (χ1) is 9.57. The van der Waals surface area contributed by atoms with Crippen LogP contribution in [0.5, 0.6) is 0 Å². The molecular weight excluding hydrogens is 251 g/mol. The first-order valence-corrected chi connectivity index (χ1v) is 7.73. The van der Waals surface area contributed by atoms with Crippen molar-refractivity contribution in [2.24, 2.45) is 5.73 Å². The Labute approximate surface area is 122 Å². The van der Waals surface area contributed by atoms with Crippen LogP contribution in [0.25, 0.3) is 0 Å². The van der Waals surface area contributed by atoms with E-state index in [4.69, 9.17) is 5.73 Å². The molecule has 0 amide bonds. The van der Waals surface area contributed by atoms with Gasteiger partial charge in [0, 0.05) is 18.1 Å². The molecule has 1 atom stereocenters. The Morgan fingerprint density at radius 1 is 1.25 bits per heavy atom. The van der Waals surface area contributed by atoms with Crippen LogP contribution >= 0.6 is 0 Å². The largest absolute Gasteiger partial charge is 0.329 e. The smallest absolute Gasteiger partial charge is 0.126 e. The lowest BCUT2D eigenvalue weighted by Gasteiger charge is -2.44. The lowest BCUT2D eigenvalue weighted by molar-refractivity contribution is 0.0698. The number of nitrogens with two attached hydrogens (primary N) is 1. The summed E-state index contributed by atoms with van der Waals surface area (Å²) >= 11 is 0. The quantitative estimate of drug-likeness (QED) is 0.895. The summed E-state index contributed by atoms with van der Waals surface area (Å²) in [6.45, 7) is 2.71. The van der Waals surface area contributed by atoms with E-state index in [1.807, 2.05) is 12.1 Å². The summed E-state index contributed by atoms with van der Waals surface area (Å²) in [4.78, 5) is 2.40. The Morgan fingerprint density at radius 2 is 1.90 bits per heavy atom. The fourth-order valence-electron chi connectivity index (χ4n) is 3.30. The number of likely N-dealkylation sites (N-methyl/N-ethyl adjacent to an activating group) is 1. The molecule has 2 rings (SSSR count). The second-order valence-corrected chi connectivity index (χ2v) is 6.37. The Morgan fingerprint density at radius 3 is 2.50 bits per heavy atom. The highest BCUT2D eigenvalue weighted by Gasteiger charge is 2.33. The van der Waals surface area contributed by atoms with Gasteiger partial charge < -0.3 is 5.73 Å². The molecule has 1 aliphatic rings. The van der Waals surface area contributed by atoms with Crippen molar-refractivity contribution < 1.29 is 4.39 Å². The number of hydrogen-bond donors (Lipinski definition) is 1. The van der Waals surface area contributed by atoms with Crippen LogP contribution in [-0.2, 0) is 6.42 Å². The van der Waals surface area contributed by atoms with Gasteiger partial charge in [-0.05, 0) is 44.9 Å². The maximum absolute atomic E-state index is 13.9. The SMILES string of the molecule is CN(C1CCCCC1)C(C)(CN)Cc1ccccc1F. The van der Waals surface area contributed by atoms with Crippen molar-refractivity contribution in [3.8, 4) is 0 Å². The molecule has 0 bridgehead atoms. The maximum Gasteiger partial charge on any atom is 0.126 e. The zero-order valence-corrected chi connectivity index (χ0v) is 12.7. The average molecular weight is 278 g/mol. The Balaban J connectivity index is 2.13. The molecule has 1 aromatic carbocycles. The molecule has 1 unspecified atom stereocenters. The lowest BCUT2D eigenvalue weighted by Crippen LogP contribution is -2.55. The monoisotopic (exact) mass is 278 g/mol. The molecule has 20 heavy (non-hydrogen) atoms. The predicted molar refractivity (Wildman–Crippen MR) is 82.2 cm³/mol. The Hall–Kier alpha value is -0.930. The maximum atomic E-state index is 13.9. The zero-order chi connectivity index (χ0) is 14.6. The molecule has 0 aliphatic heterocycles. The third kappa shape index (κ3) is 3.39. The summed E-state index contributed by atoms with van der Waals surface area (Å²) in [5, 5.41) is 0. The second kappa shape index (κ2) is 6.68. The van der Waals surface area contributed by atoms with Gasteiger partial charge in [-0.15, -0.1) is 0 Å². The van der Waals surface area contributed by atoms with Gasteiger partial charge in [0.25, 0.3) is 0 Å². The van der Waals surface area contributed by atoms with E-state index in [1.165, 1.54) is 38.2 Å². The van der Waals surface area contributed by atoms with Crippen LogP contribution in [-0.4, -0.2) is 30.1 Å². The number of hydrogen-bond acceptors (Lipinski definition) is 2. The molecule has 0 aromatic heterocycles. The van der Waals surface area contributed by atoms with Crippen molar-refractivity contribution in [2.45, 2.75) is 57.0 Å². The van der Waals surface area contributed by atoms with Crippen molar-refractivity contribution in [3.05, 3.63) is 35.6 Å². The van der Waals surface area contributed by atoms with Gasteiger partial charge in [-0.1, -0.05) is 37.5 Å². The van der Waals surface area contributed by atoms with Crippen molar-refractivity contribution in [2.75, 3.05) is 13.6 Å². The van der Waals surface area contributed by atoms with Crippen molar-refractivity contribution >= 4 is 0 Å². The van der Waals surface area contributed by atoms with E-state index in [0.717, 1.165) is 5.56 Å². The van der Waals surface area contributed by atoms with E-state index in [9.17, 15) is 4.39 Å². The van der Waals surface area contributed by atoms with Crippen LogP contribution in [0.4, 0.5) is 4.39 Å². The van der Waals surface area contributed by atoms with Crippen molar-refractivity contribution in [3.63, 3.8) is 0 Å². The zero-order valence-electron chi connectivity index (χ0n) is 12.7. The van der Waals surface area contributed by atoms with E-state index in [-0.39, 0.29) is 11.4 Å². The van der Waals surface area contributed by atoms with Gasteiger partial charge in [-0.25, -0.2) is 4.39 Å². The number of benzene rings is 1. The summed E-state index contributed by atoms with van der Waals surface area (Å²) in [5.74, 6) is -0.121. The van der Waals surface area contributed by atoms with Crippen LogP contribution in [0.2, 0.25) is 0 Å². The summed E-state index contributed by atoms with van der Waals surface area (Å²) in [6.07, 6.45) is 7.09. The van der Waals surface area contributed by atoms with Crippen molar-refractivity contribution in [1.82, 2.24) is 4.90 Å². The molecule has 1 fully saturated rings. The molecule has 0 saturated heterocycles. The van der Waals surface area contributed by atoms with E-state index in [2.05, 4.69) is 18.9 Å². The Kier molecular flexibility index (Phi) is 5.17. The van der Waals surface area contributed by atoms with Gasteiger partial charge >= 0.3 is 0 Å². The fraction of sp³-hybridized carbons (Fsp3) is 0.647. The van der Waals surface area contributed by atoms with Gasteiger partial charge in [0.15, 0.2) is 0 Å².